The van der Waals surface area contributed by atoms with Gasteiger partial charge >= 0.3 is 0 Å². The molecular weight excluding hydrogens is 358 g/mol. The van der Waals surface area contributed by atoms with Gasteiger partial charge in [-0.3, -0.25) is 0 Å². The molecule has 0 aliphatic carbocycles. The number of rotatable bonds is 6. The van der Waals surface area contributed by atoms with E-state index < -0.39 is 0 Å². The number of anilines is 1. The van der Waals surface area contributed by atoms with Gasteiger partial charge in [-0.05, 0) is 23.8 Å². The molecule has 28 heavy (non-hydrogen) atoms. The molecule has 0 amide bonds. The Hall–Kier alpha value is -3.32. The Kier molecular flexibility index (Phi) is 5.25. The number of hydrogen-bond donors (Lipinski definition) is 1. The predicted octanol–water partition coefficient (Wildman–Crippen LogP) is 3.09. The number of fused-ring (bicyclic) bond motifs is 1. The summed E-state index contributed by atoms with van der Waals surface area (Å²) in [5, 5.41) is 0. The molecule has 2 aromatic carbocycles. The molecule has 0 saturated carbocycles. The van der Waals surface area contributed by atoms with Crippen molar-refractivity contribution in [1.29, 1.82) is 0 Å². The first-order valence-electron chi connectivity index (χ1n) is 8.95. The minimum Gasteiger partial charge on any atom is -0.486 e. The lowest BCUT2D eigenvalue weighted by atomic mass is 10.1. The van der Waals surface area contributed by atoms with Gasteiger partial charge in [-0.2, -0.15) is 4.98 Å². The molecule has 3 aromatic rings. The summed E-state index contributed by atoms with van der Waals surface area (Å²) in [6, 6.07) is 15.4. The topological polar surface area (TPSA) is 88.7 Å². The lowest BCUT2D eigenvalue weighted by molar-refractivity contribution is 0.0521. The Morgan fingerprint density at radius 1 is 1.14 bits per heavy atom. The zero-order valence-electron chi connectivity index (χ0n) is 15.5. The summed E-state index contributed by atoms with van der Waals surface area (Å²) in [6.07, 6.45) is 1.33. The Labute approximate surface area is 163 Å². The van der Waals surface area contributed by atoms with Crippen molar-refractivity contribution in [2.45, 2.75) is 12.7 Å². The van der Waals surface area contributed by atoms with E-state index >= 15 is 0 Å². The van der Waals surface area contributed by atoms with Crippen LogP contribution in [0.25, 0.3) is 11.3 Å². The van der Waals surface area contributed by atoms with Gasteiger partial charge in [-0.15, -0.1) is 0 Å². The summed E-state index contributed by atoms with van der Waals surface area (Å²) in [4.78, 5) is 8.74. The van der Waals surface area contributed by atoms with E-state index in [1.807, 2.05) is 48.5 Å². The van der Waals surface area contributed by atoms with Crippen LogP contribution in [0.1, 0.15) is 5.56 Å². The van der Waals surface area contributed by atoms with Crippen LogP contribution >= 0.6 is 0 Å². The van der Waals surface area contributed by atoms with E-state index in [2.05, 4.69) is 9.97 Å². The van der Waals surface area contributed by atoms with Crippen molar-refractivity contribution >= 4 is 5.82 Å². The van der Waals surface area contributed by atoms with Crippen molar-refractivity contribution in [3.05, 3.63) is 60.3 Å². The molecule has 0 radical (unpaired) electrons. The van der Waals surface area contributed by atoms with Crippen molar-refractivity contribution < 1.29 is 18.9 Å². The molecule has 7 heteroatoms. The summed E-state index contributed by atoms with van der Waals surface area (Å²) in [6.45, 7) is 1.21. The van der Waals surface area contributed by atoms with Gasteiger partial charge in [-0.25, -0.2) is 4.98 Å². The molecule has 4 rings (SSSR count). The first-order valence-corrected chi connectivity index (χ1v) is 8.95. The second-order valence-corrected chi connectivity index (χ2v) is 6.38. The van der Waals surface area contributed by atoms with E-state index in [4.69, 9.17) is 24.7 Å². The Morgan fingerprint density at radius 2 is 2.00 bits per heavy atom. The summed E-state index contributed by atoms with van der Waals surface area (Å²) in [5.41, 5.74) is 8.64. The molecule has 1 unspecified atom stereocenters. The molecule has 2 N–H and O–H groups in total. The molecule has 0 saturated heterocycles. The standard InChI is InChI=1S/C21H21N3O4/c1-25-11-14-5-4-6-15(9-14)20-21(22)24-19(10-23-20)27-13-16-12-26-17-7-2-3-8-18(17)28-16/h2-10,16H,11-13H2,1H3,(H2,22,24). The molecular formula is C21H21N3O4. The van der Waals surface area contributed by atoms with Crippen LogP contribution in [0.2, 0.25) is 0 Å². The molecule has 7 nitrogen and oxygen atoms in total. The van der Waals surface area contributed by atoms with E-state index in [1.165, 1.54) is 0 Å². The minimum absolute atomic E-state index is 0.233. The van der Waals surface area contributed by atoms with Crippen LogP contribution in [0, 0.1) is 0 Å². The number of ether oxygens (including phenoxy) is 4. The van der Waals surface area contributed by atoms with Crippen molar-refractivity contribution in [3.63, 3.8) is 0 Å². The third-order valence-electron chi connectivity index (χ3n) is 4.27. The third-order valence-corrected chi connectivity index (χ3v) is 4.27. The molecule has 1 aliphatic rings. The van der Waals surface area contributed by atoms with Gasteiger partial charge in [0.25, 0.3) is 0 Å². The highest BCUT2D eigenvalue weighted by Crippen LogP contribution is 2.31. The van der Waals surface area contributed by atoms with Crippen LogP contribution < -0.4 is 19.9 Å². The van der Waals surface area contributed by atoms with Crippen molar-refractivity contribution in [2.24, 2.45) is 0 Å². The number of nitrogen functional groups attached to an aromatic ring is 1. The molecule has 0 fully saturated rings. The van der Waals surface area contributed by atoms with Crippen LogP contribution in [0.15, 0.2) is 54.7 Å². The Balaban J connectivity index is 1.42. The summed E-state index contributed by atoms with van der Waals surface area (Å²) in [7, 11) is 1.66. The smallest absolute Gasteiger partial charge is 0.234 e. The molecule has 2 heterocycles. The molecule has 1 aromatic heterocycles. The van der Waals surface area contributed by atoms with Crippen LogP contribution in [0.4, 0.5) is 5.82 Å². The van der Waals surface area contributed by atoms with E-state index in [9.17, 15) is 0 Å². The maximum absolute atomic E-state index is 6.11. The average Bonchev–Trinajstić information content (AvgIpc) is 2.72. The van der Waals surface area contributed by atoms with Crippen LogP contribution in [0.3, 0.4) is 0 Å². The average molecular weight is 379 g/mol. The number of nitrogens with two attached hydrogens (primary N) is 1. The Morgan fingerprint density at radius 3 is 2.82 bits per heavy atom. The fourth-order valence-electron chi connectivity index (χ4n) is 2.98. The second kappa shape index (κ2) is 8.14. The highest BCUT2D eigenvalue weighted by Gasteiger charge is 2.21. The highest BCUT2D eigenvalue weighted by molar-refractivity contribution is 5.70. The first kappa shape index (κ1) is 18.1. The monoisotopic (exact) mass is 379 g/mol. The number of aromatic nitrogens is 2. The molecule has 0 bridgehead atoms. The lowest BCUT2D eigenvalue weighted by Crippen LogP contribution is -2.34. The fraction of sp³-hybridized carbons (Fsp3) is 0.238. The fourth-order valence-corrected chi connectivity index (χ4v) is 2.98. The maximum atomic E-state index is 6.11. The van der Waals surface area contributed by atoms with Crippen molar-refractivity contribution in [2.75, 3.05) is 26.1 Å². The van der Waals surface area contributed by atoms with Crippen molar-refractivity contribution in [3.8, 4) is 28.6 Å². The SMILES string of the molecule is COCc1cccc(-c2ncc(OCC3COc4ccccc4O3)nc2N)c1. The van der Waals surface area contributed by atoms with Crippen LogP contribution in [-0.2, 0) is 11.3 Å². The van der Waals surface area contributed by atoms with Gasteiger partial charge in [0, 0.05) is 12.7 Å². The number of benzene rings is 2. The molecule has 144 valence electrons. The number of hydrogen-bond acceptors (Lipinski definition) is 7. The van der Waals surface area contributed by atoms with E-state index in [1.54, 1.807) is 13.3 Å². The lowest BCUT2D eigenvalue weighted by Gasteiger charge is -2.26. The number of methoxy groups -OCH3 is 1. The first-order chi connectivity index (χ1) is 13.7. The van der Waals surface area contributed by atoms with Gasteiger partial charge in [0.2, 0.25) is 5.88 Å². The normalized spacial score (nSPS) is 15.2. The zero-order valence-corrected chi connectivity index (χ0v) is 15.5. The van der Waals surface area contributed by atoms with Gasteiger partial charge in [-0.1, -0.05) is 30.3 Å². The van der Waals surface area contributed by atoms with Gasteiger partial charge in [0.05, 0.1) is 12.8 Å². The van der Waals surface area contributed by atoms with Crippen molar-refractivity contribution in [1.82, 2.24) is 9.97 Å². The summed E-state index contributed by atoms with van der Waals surface area (Å²) >= 11 is 0. The van der Waals surface area contributed by atoms with Gasteiger partial charge < -0.3 is 24.7 Å². The van der Waals surface area contributed by atoms with Gasteiger partial charge in [0.1, 0.15) is 18.9 Å². The highest BCUT2D eigenvalue weighted by atomic mass is 16.6. The third kappa shape index (κ3) is 3.99. The summed E-state index contributed by atoms with van der Waals surface area (Å²) in [5.74, 6) is 2.09. The van der Waals surface area contributed by atoms with Crippen LogP contribution in [0.5, 0.6) is 17.4 Å². The van der Waals surface area contributed by atoms with Gasteiger partial charge in [0.15, 0.2) is 23.4 Å². The van der Waals surface area contributed by atoms with E-state index in [0.717, 1.165) is 16.9 Å². The molecule has 1 atom stereocenters. The second-order valence-electron chi connectivity index (χ2n) is 6.38. The van der Waals surface area contributed by atoms with Crippen LogP contribution in [-0.4, -0.2) is 36.4 Å². The zero-order chi connectivity index (χ0) is 19.3. The molecule has 1 aliphatic heterocycles. The Bertz CT molecular complexity index is 964. The molecule has 0 spiro atoms. The number of para-hydroxylation sites is 2. The largest absolute Gasteiger partial charge is 0.486 e. The van der Waals surface area contributed by atoms with E-state index in [-0.39, 0.29) is 12.7 Å². The quantitative estimate of drug-likeness (QED) is 0.704. The number of nitrogens with zero attached hydrogens (tertiary/aromatic N) is 2. The predicted molar refractivity (Wildman–Crippen MR) is 104 cm³/mol. The van der Waals surface area contributed by atoms with E-state index in [0.29, 0.717) is 36.4 Å². The minimum atomic E-state index is -0.233. The maximum Gasteiger partial charge on any atom is 0.234 e. The summed E-state index contributed by atoms with van der Waals surface area (Å²) < 4.78 is 22.4.